The zero-order valence-electron chi connectivity index (χ0n) is 14.9. The van der Waals surface area contributed by atoms with Crippen LogP contribution >= 0.6 is 0 Å². The summed E-state index contributed by atoms with van der Waals surface area (Å²) in [5, 5.41) is 11.7. The molecule has 26 heavy (non-hydrogen) atoms. The van der Waals surface area contributed by atoms with Crippen molar-refractivity contribution in [2.24, 2.45) is 5.92 Å². The number of fused-ring (bicyclic) bond motifs is 1. The van der Waals surface area contributed by atoms with E-state index in [1.165, 1.54) is 5.56 Å². The van der Waals surface area contributed by atoms with E-state index >= 15 is 0 Å². The van der Waals surface area contributed by atoms with Gasteiger partial charge in [0.05, 0.1) is 12.4 Å². The highest BCUT2D eigenvalue weighted by Gasteiger charge is 2.28. The van der Waals surface area contributed by atoms with Crippen LogP contribution in [-0.2, 0) is 4.79 Å². The molecule has 0 N–H and O–H groups in total. The summed E-state index contributed by atoms with van der Waals surface area (Å²) in [4.78, 5) is 21.0. The molecule has 3 heterocycles. The van der Waals surface area contributed by atoms with E-state index < -0.39 is 0 Å². The van der Waals surface area contributed by atoms with Crippen LogP contribution in [-0.4, -0.2) is 51.1 Å². The Morgan fingerprint density at radius 1 is 1.15 bits per heavy atom. The molecule has 1 fully saturated rings. The van der Waals surface area contributed by atoms with Crippen LogP contribution in [0.1, 0.15) is 18.4 Å². The first kappa shape index (κ1) is 16.4. The smallest absolute Gasteiger partial charge is 0.229 e. The number of aryl methyl sites for hydroxylation is 1. The van der Waals surface area contributed by atoms with Crippen LogP contribution in [0.4, 0.5) is 11.5 Å². The van der Waals surface area contributed by atoms with Crippen molar-refractivity contribution in [1.29, 1.82) is 0 Å². The molecule has 1 aliphatic rings. The molecule has 1 saturated heterocycles. The summed E-state index contributed by atoms with van der Waals surface area (Å²) >= 11 is 0. The summed E-state index contributed by atoms with van der Waals surface area (Å²) in [6.45, 7) is 3.60. The molecule has 2 aromatic heterocycles. The minimum absolute atomic E-state index is 0.0265. The molecule has 1 aromatic carbocycles. The molecule has 8 nitrogen and oxygen atoms in total. The number of tetrazole rings is 1. The lowest BCUT2D eigenvalue weighted by atomic mass is 9.95. The van der Waals surface area contributed by atoms with E-state index in [1.54, 1.807) is 21.8 Å². The zero-order chi connectivity index (χ0) is 18.1. The summed E-state index contributed by atoms with van der Waals surface area (Å²) < 4.78 is 1.69. The molecule has 0 saturated carbocycles. The molecule has 1 aliphatic heterocycles. The van der Waals surface area contributed by atoms with Gasteiger partial charge in [-0.3, -0.25) is 9.78 Å². The number of nitrogens with zero attached hydrogens (tertiary/aromatic N) is 7. The van der Waals surface area contributed by atoms with Crippen molar-refractivity contribution in [1.82, 2.24) is 25.0 Å². The lowest BCUT2D eigenvalue weighted by Gasteiger charge is -2.34. The van der Waals surface area contributed by atoms with Crippen molar-refractivity contribution in [3.63, 3.8) is 0 Å². The van der Waals surface area contributed by atoms with E-state index in [-0.39, 0.29) is 11.8 Å². The molecule has 0 atom stereocenters. The minimum Gasteiger partial charge on any atom is -0.355 e. The standard InChI is InChI=1S/C18H21N7O/c1-13-3-5-15(6-4-13)23(2)18(26)14-7-9-24(10-8-14)17-12-19-11-16-20-21-22-25(16)17/h3-6,11-12,14H,7-10H2,1-2H3. The van der Waals surface area contributed by atoms with Crippen molar-refractivity contribution in [3.05, 3.63) is 42.2 Å². The van der Waals surface area contributed by atoms with Crippen molar-refractivity contribution in [2.45, 2.75) is 19.8 Å². The van der Waals surface area contributed by atoms with Gasteiger partial charge >= 0.3 is 0 Å². The molecule has 0 unspecified atom stereocenters. The highest BCUT2D eigenvalue weighted by atomic mass is 16.2. The fraction of sp³-hybridized carbons (Fsp3) is 0.389. The molecule has 0 spiro atoms. The molecule has 4 rings (SSSR count). The molecular formula is C18H21N7O. The molecular weight excluding hydrogens is 330 g/mol. The van der Waals surface area contributed by atoms with Gasteiger partial charge in [-0.05, 0) is 42.3 Å². The maximum Gasteiger partial charge on any atom is 0.229 e. The molecule has 3 aromatic rings. The quantitative estimate of drug-likeness (QED) is 0.715. The summed E-state index contributed by atoms with van der Waals surface area (Å²) in [7, 11) is 1.85. The van der Waals surface area contributed by atoms with Crippen molar-refractivity contribution < 1.29 is 4.79 Å². The summed E-state index contributed by atoms with van der Waals surface area (Å²) in [6, 6.07) is 8.04. The average Bonchev–Trinajstić information content (AvgIpc) is 3.16. The summed E-state index contributed by atoms with van der Waals surface area (Å²) in [6.07, 6.45) is 5.00. The van der Waals surface area contributed by atoms with Gasteiger partial charge in [-0.25, -0.2) is 0 Å². The van der Waals surface area contributed by atoms with Gasteiger partial charge < -0.3 is 9.80 Å². The second-order valence-corrected chi connectivity index (χ2v) is 6.71. The third kappa shape index (κ3) is 2.98. The van der Waals surface area contributed by atoms with Gasteiger partial charge in [-0.15, -0.1) is 5.10 Å². The Labute approximate surface area is 151 Å². The summed E-state index contributed by atoms with van der Waals surface area (Å²) in [5.41, 5.74) is 2.75. The Hall–Kier alpha value is -3.03. The van der Waals surface area contributed by atoms with Gasteiger partial charge in [0.1, 0.15) is 0 Å². The van der Waals surface area contributed by atoms with Crippen LogP contribution in [0.5, 0.6) is 0 Å². The number of aromatic nitrogens is 5. The lowest BCUT2D eigenvalue weighted by Crippen LogP contribution is -2.42. The fourth-order valence-electron chi connectivity index (χ4n) is 3.40. The van der Waals surface area contributed by atoms with E-state index in [1.807, 2.05) is 38.2 Å². The Balaban J connectivity index is 1.44. The van der Waals surface area contributed by atoms with Crippen LogP contribution in [0.3, 0.4) is 0 Å². The first-order chi connectivity index (χ1) is 12.6. The van der Waals surface area contributed by atoms with Gasteiger partial charge in [0, 0.05) is 31.7 Å². The minimum atomic E-state index is 0.0265. The molecule has 8 heteroatoms. The van der Waals surface area contributed by atoms with Crippen LogP contribution in [0.15, 0.2) is 36.7 Å². The molecule has 1 amide bonds. The van der Waals surface area contributed by atoms with Gasteiger partial charge in [0.25, 0.3) is 0 Å². The Morgan fingerprint density at radius 3 is 2.62 bits per heavy atom. The molecule has 134 valence electrons. The predicted molar refractivity (Wildman–Crippen MR) is 98.1 cm³/mol. The van der Waals surface area contributed by atoms with Crippen LogP contribution in [0.25, 0.3) is 5.65 Å². The third-order valence-corrected chi connectivity index (χ3v) is 5.01. The van der Waals surface area contributed by atoms with Gasteiger partial charge in [0.2, 0.25) is 5.91 Å². The monoisotopic (exact) mass is 351 g/mol. The second kappa shape index (κ2) is 6.70. The number of amides is 1. The highest BCUT2D eigenvalue weighted by Crippen LogP contribution is 2.25. The van der Waals surface area contributed by atoms with E-state index in [0.717, 1.165) is 37.4 Å². The number of hydrogen-bond donors (Lipinski definition) is 0. The van der Waals surface area contributed by atoms with Gasteiger partial charge in [0.15, 0.2) is 11.5 Å². The van der Waals surface area contributed by atoms with Crippen molar-refractivity contribution >= 4 is 23.1 Å². The first-order valence-electron chi connectivity index (χ1n) is 8.75. The molecule has 0 aliphatic carbocycles. The SMILES string of the molecule is Cc1ccc(N(C)C(=O)C2CCN(c3cncc4nnnn34)CC2)cc1. The van der Waals surface area contributed by atoms with Gasteiger partial charge in [-0.1, -0.05) is 17.7 Å². The van der Waals surface area contributed by atoms with E-state index in [9.17, 15) is 4.79 Å². The highest BCUT2D eigenvalue weighted by molar-refractivity contribution is 5.94. The van der Waals surface area contributed by atoms with Gasteiger partial charge in [-0.2, -0.15) is 4.52 Å². The topological polar surface area (TPSA) is 79.5 Å². The van der Waals surface area contributed by atoms with Crippen molar-refractivity contribution in [2.75, 3.05) is 29.9 Å². The van der Waals surface area contributed by atoms with Crippen LogP contribution in [0.2, 0.25) is 0 Å². The number of hydrogen-bond acceptors (Lipinski definition) is 6. The van der Waals surface area contributed by atoms with Crippen LogP contribution < -0.4 is 9.80 Å². The number of carbonyl (C=O) groups is 1. The van der Waals surface area contributed by atoms with Crippen molar-refractivity contribution in [3.8, 4) is 0 Å². The van der Waals surface area contributed by atoms with E-state index in [4.69, 9.17) is 0 Å². The summed E-state index contributed by atoms with van der Waals surface area (Å²) in [5.74, 6) is 1.07. The number of carbonyl (C=O) groups excluding carboxylic acids is 1. The normalized spacial score (nSPS) is 15.4. The first-order valence-corrected chi connectivity index (χ1v) is 8.75. The Morgan fingerprint density at radius 2 is 1.88 bits per heavy atom. The molecule has 0 radical (unpaired) electrons. The number of rotatable bonds is 3. The average molecular weight is 351 g/mol. The maximum atomic E-state index is 12.9. The third-order valence-electron chi connectivity index (χ3n) is 5.01. The van der Waals surface area contributed by atoms with E-state index in [0.29, 0.717) is 5.65 Å². The number of anilines is 2. The van der Waals surface area contributed by atoms with E-state index in [2.05, 4.69) is 25.4 Å². The second-order valence-electron chi connectivity index (χ2n) is 6.71. The Kier molecular flexibility index (Phi) is 4.24. The number of benzene rings is 1. The zero-order valence-corrected chi connectivity index (χ0v) is 14.9. The lowest BCUT2D eigenvalue weighted by molar-refractivity contribution is -0.122. The largest absolute Gasteiger partial charge is 0.355 e. The fourth-order valence-corrected chi connectivity index (χ4v) is 3.40. The molecule has 0 bridgehead atoms. The Bertz CT molecular complexity index is 913. The maximum absolute atomic E-state index is 12.9. The van der Waals surface area contributed by atoms with Crippen LogP contribution in [0, 0.1) is 12.8 Å². The number of piperidine rings is 1. The predicted octanol–water partition coefficient (Wildman–Crippen LogP) is 1.71.